The summed E-state index contributed by atoms with van der Waals surface area (Å²) in [4.78, 5) is 3.99. The van der Waals surface area contributed by atoms with Crippen molar-refractivity contribution >= 4 is 5.96 Å². The highest BCUT2D eigenvalue weighted by Crippen LogP contribution is 2.37. The van der Waals surface area contributed by atoms with E-state index in [1.54, 1.807) is 6.07 Å². The van der Waals surface area contributed by atoms with Crippen molar-refractivity contribution in [2.24, 2.45) is 16.5 Å². The average Bonchev–Trinajstić information content (AvgIpc) is 2.76. The second-order valence-electron chi connectivity index (χ2n) is 8.38. The summed E-state index contributed by atoms with van der Waals surface area (Å²) in [6.07, 6.45) is -1.12. The van der Waals surface area contributed by atoms with Gasteiger partial charge in [-0.1, -0.05) is 24.3 Å². The second kappa shape index (κ2) is 10.8. The molecule has 2 aromatic carbocycles. The van der Waals surface area contributed by atoms with Crippen LogP contribution in [-0.2, 0) is 17.6 Å². The van der Waals surface area contributed by atoms with Crippen LogP contribution in [-0.4, -0.2) is 57.8 Å². The van der Waals surface area contributed by atoms with Crippen LogP contribution in [0.1, 0.15) is 46.8 Å². The lowest BCUT2D eigenvalue weighted by atomic mass is 9.90. The van der Waals surface area contributed by atoms with Crippen molar-refractivity contribution in [2.75, 3.05) is 13.2 Å². The molecule has 1 aliphatic heterocycles. The van der Waals surface area contributed by atoms with E-state index in [1.165, 1.54) is 5.56 Å². The second-order valence-corrected chi connectivity index (χ2v) is 8.38. The highest BCUT2D eigenvalue weighted by atomic mass is 16.5. The predicted molar refractivity (Wildman–Crippen MR) is 122 cm³/mol. The van der Waals surface area contributed by atoms with Gasteiger partial charge in [-0.05, 0) is 60.6 Å². The Labute approximate surface area is 188 Å². The molecule has 8 nitrogen and oxygen atoms in total. The molecule has 4 atom stereocenters. The standard InChI is InChI=1S/C24H33N3O5/c1-14-9-19(29)18(21-12-20(30)23(31)22(13-28)32-21)11-17(14)10-16-6-4-15(5-7-16)3-2-8-27-24(25)26/h4-7,9,11,20-23,28-31H,2-3,8,10,12-13H2,1H3,(H4,25,26,27)/t20-,21-,22-,23+/m1/s1. The summed E-state index contributed by atoms with van der Waals surface area (Å²) in [5.41, 5.74) is 15.5. The van der Waals surface area contributed by atoms with Crippen LogP contribution in [0.25, 0.3) is 0 Å². The van der Waals surface area contributed by atoms with Gasteiger partial charge in [0.2, 0.25) is 0 Å². The number of hydrogen-bond donors (Lipinski definition) is 6. The first kappa shape index (κ1) is 24.0. The van der Waals surface area contributed by atoms with E-state index >= 15 is 0 Å². The molecule has 174 valence electrons. The number of aryl methyl sites for hydroxylation is 2. The average molecular weight is 444 g/mol. The first-order valence-electron chi connectivity index (χ1n) is 10.9. The van der Waals surface area contributed by atoms with Crippen LogP contribution in [0, 0.1) is 6.92 Å². The predicted octanol–water partition coefficient (Wildman–Crippen LogP) is 1.04. The number of nitrogens with two attached hydrogens (primary N) is 2. The number of phenolic OH excluding ortho intramolecular Hbond substituents is 1. The van der Waals surface area contributed by atoms with Crippen molar-refractivity contribution in [3.05, 3.63) is 64.2 Å². The lowest BCUT2D eigenvalue weighted by Gasteiger charge is -2.37. The summed E-state index contributed by atoms with van der Waals surface area (Å²) in [5.74, 6) is 0.188. The number of guanidine groups is 1. The number of aliphatic imine (C=N–C) groups is 1. The minimum absolute atomic E-state index is 0.0765. The molecule has 0 amide bonds. The van der Waals surface area contributed by atoms with Gasteiger partial charge in [0.15, 0.2) is 5.96 Å². The van der Waals surface area contributed by atoms with E-state index in [4.69, 9.17) is 16.2 Å². The zero-order chi connectivity index (χ0) is 23.3. The van der Waals surface area contributed by atoms with Crippen molar-refractivity contribution < 1.29 is 25.2 Å². The number of rotatable bonds is 8. The Bertz CT molecular complexity index is 928. The molecular formula is C24H33N3O5. The Balaban J connectivity index is 1.71. The number of aliphatic hydroxyl groups excluding tert-OH is 3. The Morgan fingerprint density at radius 2 is 1.81 bits per heavy atom. The summed E-state index contributed by atoms with van der Waals surface area (Å²) in [6.45, 7) is 2.13. The molecule has 0 aromatic heterocycles. The number of benzene rings is 2. The van der Waals surface area contributed by atoms with Gasteiger partial charge in [-0.2, -0.15) is 0 Å². The SMILES string of the molecule is Cc1cc(O)c([C@H]2C[C@@H](O)[C@H](O)[C@@H](CO)O2)cc1Cc1ccc(CCCN=C(N)N)cc1. The summed E-state index contributed by atoms with van der Waals surface area (Å²) in [7, 11) is 0. The maximum Gasteiger partial charge on any atom is 0.185 e. The molecular weight excluding hydrogens is 410 g/mol. The minimum atomic E-state index is -1.15. The number of ether oxygens (including phenoxy) is 1. The Morgan fingerprint density at radius 1 is 1.12 bits per heavy atom. The molecule has 3 rings (SSSR count). The zero-order valence-electron chi connectivity index (χ0n) is 18.3. The molecule has 8 heteroatoms. The van der Waals surface area contributed by atoms with E-state index in [2.05, 4.69) is 29.3 Å². The third kappa shape index (κ3) is 5.98. The third-order valence-corrected chi connectivity index (χ3v) is 5.92. The molecule has 0 bridgehead atoms. The zero-order valence-corrected chi connectivity index (χ0v) is 18.3. The number of aromatic hydroxyl groups is 1. The van der Waals surface area contributed by atoms with Crippen molar-refractivity contribution in [2.45, 2.75) is 57.0 Å². The van der Waals surface area contributed by atoms with Crippen molar-refractivity contribution in [3.8, 4) is 5.75 Å². The van der Waals surface area contributed by atoms with E-state index in [-0.39, 0.29) is 18.1 Å². The van der Waals surface area contributed by atoms with Gasteiger partial charge in [-0.3, -0.25) is 4.99 Å². The quantitative estimate of drug-likeness (QED) is 0.202. The molecule has 0 unspecified atom stereocenters. The van der Waals surface area contributed by atoms with Crippen LogP contribution < -0.4 is 11.5 Å². The number of hydrogen-bond acceptors (Lipinski definition) is 6. The van der Waals surface area contributed by atoms with E-state index in [9.17, 15) is 20.4 Å². The fourth-order valence-electron chi connectivity index (χ4n) is 4.04. The molecule has 0 saturated carbocycles. The lowest BCUT2D eigenvalue weighted by Crippen LogP contribution is -2.47. The summed E-state index contributed by atoms with van der Waals surface area (Å²) in [5, 5.41) is 40.1. The molecule has 1 saturated heterocycles. The highest BCUT2D eigenvalue weighted by molar-refractivity contribution is 5.75. The smallest absolute Gasteiger partial charge is 0.185 e. The van der Waals surface area contributed by atoms with Crippen LogP contribution in [0.15, 0.2) is 41.4 Å². The van der Waals surface area contributed by atoms with Gasteiger partial charge in [-0.25, -0.2) is 0 Å². The third-order valence-electron chi connectivity index (χ3n) is 5.92. The molecule has 2 aromatic rings. The van der Waals surface area contributed by atoms with Gasteiger partial charge in [0.05, 0.1) is 18.8 Å². The van der Waals surface area contributed by atoms with Crippen LogP contribution in [0.2, 0.25) is 0 Å². The summed E-state index contributed by atoms with van der Waals surface area (Å²) < 4.78 is 5.76. The van der Waals surface area contributed by atoms with Crippen LogP contribution in [0.5, 0.6) is 5.75 Å². The molecule has 1 fully saturated rings. The molecule has 0 radical (unpaired) electrons. The van der Waals surface area contributed by atoms with Crippen LogP contribution in [0.3, 0.4) is 0 Å². The monoisotopic (exact) mass is 443 g/mol. The summed E-state index contributed by atoms with van der Waals surface area (Å²) in [6, 6.07) is 11.9. The highest BCUT2D eigenvalue weighted by Gasteiger charge is 2.37. The van der Waals surface area contributed by atoms with Gasteiger partial charge in [-0.15, -0.1) is 0 Å². The van der Waals surface area contributed by atoms with Crippen molar-refractivity contribution in [1.29, 1.82) is 0 Å². The topological polar surface area (TPSA) is 155 Å². The molecule has 32 heavy (non-hydrogen) atoms. The van der Waals surface area contributed by atoms with Crippen LogP contribution >= 0.6 is 0 Å². The largest absolute Gasteiger partial charge is 0.508 e. The van der Waals surface area contributed by atoms with E-state index in [0.717, 1.165) is 29.5 Å². The molecule has 1 aliphatic rings. The van der Waals surface area contributed by atoms with Gasteiger partial charge in [0.25, 0.3) is 0 Å². The van der Waals surface area contributed by atoms with Gasteiger partial charge in [0, 0.05) is 18.5 Å². The lowest BCUT2D eigenvalue weighted by molar-refractivity contribution is -0.181. The maximum atomic E-state index is 10.5. The van der Waals surface area contributed by atoms with Crippen molar-refractivity contribution in [1.82, 2.24) is 0 Å². The minimum Gasteiger partial charge on any atom is -0.508 e. The first-order valence-corrected chi connectivity index (χ1v) is 10.9. The normalized spacial score (nSPS) is 23.1. The Kier molecular flexibility index (Phi) is 8.09. The molecule has 8 N–H and O–H groups in total. The van der Waals surface area contributed by atoms with E-state index in [0.29, 0.717) is 18.5 Å². The van der Waals surface area contributed by atoms with Crippen LogP contribution in [0.4, 0.5) is 0 Å². The summed E-state index contributed by atoms with van der Waals surface area (Å²) >= 11 is 0. The first-order chi connectivity index (χ1) is 15.3. The Hall–Kier alpha value is -2.65. The molecule has 1 heterocycles. The fraction of sp³-hybridized carbons (Fsp3) is 0.458. The van der Waals surface area contributed by atoms with E-state index < -0.39 is 31.0 Å². The fourth-order valence-corrected chi connectivity index (χ4v) is 4.04. The molecule has 0 spiro atoms. The maximum absolute atomic E-state index is 10.5. The molecule has 0 aliphatic carbocycles. The number of nitrogens with zero attached hydrogens (tertiary/aromatic N) is 1. The Morgan fingerprint density at radius 3 is 2.47 bits per heavy atom. The number of aliphatic hydroxyl groups is 3. The number of phenols is 1. The van der Waals surface area contributed by atoms with Gasteiger partial charge >= 0.3 is 0 Å². The van der Waals surface area contributed by atoms with E-state index in [1.807, 2.05) is 13.0 Å². The van der Waals surface area contributed by atoms with Gasteiger partial charge in [0.1, 0.15) is 18.0 Å². The van der Waals surface area contributed by atoms with Gasteiger partial charge < -0.3 is 36.6 Å². The van der Waals surface area contributed by atoms with Crippen molar-refractivity contribution in [3.63, 3.8) is 0 Å².